The Morgan fingerprint density at radius 3 is 2.71 bits per heavy atom. The van der Waals surface area contributed by atoms with Crippen LogP contribution in [0, 0.1) is 12.8 Å². The molecule has 2 aromatic rings. The lowest BCUT2D eigenvalue weighted by atomic mass is 10.1. The van der Waals surface area contributed by atoms with Crippen molar-refractivity contribution >= 4 is 11.6 Å². The molecule has 4 heteroatoms. The van der Waals surface area contributed by atoms with Gasteiger partial charge in [-0.2, -0.15) is 0 Å². The number of carbonyl (C=O) groups excluding carboxylic acids is 1. The van der Waals surface area contributed by atoms with Crippen LogP contribution in [-0.2, 0) is 12.8 Å². The summed E-state index contributed by atoms with van der Waals surface area (Å²) in [6.07, 6.45) is 1.60. The molecule has 0 atom stereocenters. The highest BCUT2D eigenvalue weighted by Crippen LogP contribution is 2.19. The van der Waals surface area contributed by atoms with E-state index in [9.17, 15) is 4.79 Å². The molecule has 21 heavy (non-hydrogen) atoms. The highest BCUT2D eigenvalue weighted by atomic mass is 16.4. The van der Waals surface area contributed by atoms with Crippen molar-refractivity contribution in [2.24, 2.45) is 5.92 Å². The van der Waals surface area contributed by atoms with Gasteiger partial charge in [0, 0.05) is 12.1 Å². The second-order valence-electron chi connectivity index (χ2n) is 5.58. The minimum atomic E-state index is -0.240. The van der Waals surface area contributed by atoms with Crippen molar-refractivity contribution in [2.75, 3.05) is 5.32 Å². The van der Waals surface area contributed by atoms with Crippen molar-refractivity contribution in [2.45, 2.75) is 40.5 Å². The maximum Gasteiger partial charge on any atom is 0.293 e. The number of nitrogens with one attached hydrogen (secondary N) is 1. The molecular formula is C17H22N2O2. The van der Waals surface area contributed by atoms with E-state index in [2.05, 4.69) is 31.1 Å². The first-order chi connectivity index (χ1) is 10.0. The number of amides is 1. The number of hydrogen-bond acceptors (Lipinski definition) is 3. The minimum Gasteiger partial charge on any atom is -0.435 e. The zero-order valence-corrected chi connectivity index (χ0v) is 13.1. The summed E-state index contributed by atoms with van der Waals surface area (Å²) in [6.45, 7) is 8.05. The monoisotopic (exact) mass is 286 g/mol. The quantitative estimate of drug-likeness (QED) is 0.904. The molecule has 0 saturated heterocycles. The molecule has 0 aliphatic carbocycles. The van der Waals surface area contributed by atoms with Gasteiger partial charge in [0.05, 0.1) is 5.69 Å². The maximum atomic E-state index is 12.4. The van der Waals surface area contributed by atoms with E-state index in [1.54, 1.807) is 6.92 Å². The number of carbonyl (C=O) groups is 1. The number of nitrogens with zero attached hydrogens (tertiary/aromatic N) is 1. The lowest BCUT2D eigenvalue weighted by Crippen LogP contribution is -2.13. The van der Waals surface area contributed by atoms with Gasteiger partial charge >= 0.3 is 0 Å². The average molecular weight is 286 g/mol. The van der Waals surface area contributed by atoms with Crippen molar-refractivity contribution in [3.8, 4) is 0 Å². The van der Waals surface area contributed by atoms with Gasteiger partial charge in [-0.05, 0) is 30.9 Å². The van der Waals surface area contributed by atoms with Gasteiger partial charge in [0.25, 0.3) is 5.91 Å². The Morgan fingerprint density at radius 1 is 1.33 bits per heavy atom. The minimum absolute atomic E-state index is 0.240. The van der Waals surface area contributed by atoms with Crippen LogP contribution in [0.4, 0.5) is 5.69 Å². The van der Waals surface area contributed by atoms with Crippen molar-refractivity contribution in [1.29, 1.82) is 0 Å². The number of para-hydroxylation sites is 1. The van der Waals surface area contributed by atoms with Gasteiger partial charge in [0.1, 0.15) is 0 Å². The third-order valence-electron chi connectivity index (χ3n) is 3.28. The first-order valence-corrected chi connectivity index (χ1v) is 7.36. The lowest BCUT2D eigenvalue weighted by Gasteiger charge is -2.08. The molecule has 1 amide bonds. The van der Waals surface area contributed by atoms with E-state index >= 15 is 0 Å². The Labute approximate surface area is 125 Å². The SMILES string of the molecule is CCc1ccccc1NC(=O)c1oc(CC(C)C)nc1C. The number of hydrogen-bond donors (Lipinski definition) is 1. The number of oxazole rings is 1. The van der Waals surface area contributed by atoms with E-state index in [4.69, 9.17) is 4.42 Å². The van der Waals surface area contributed by atoms with Crippen LogP contribution in [0.3, 0.4) is 0 Å². The highest BCUT2D eigenvalue weighted by molar-refractivity contribution is 6.03. The van der Waals surface area contributed by atoms with Crippen LogP contribution in [0.25, 0.3) is 0 Å². The van der Waals surface area contributed by atoms with Gasteiger partial charge in [-0.25, -0.2) is 4.98 Å². The summed E-state index contributed by atoms with van der Waals surface area (Å²) in [5, 5.41) is 2.91. The van der Waals surface area contributed by atoms with E-state index < -0.39 is 0 Å². The molecule has 0 spiro atoms. The van der Waals surface area contributed by atoms with Crippen LogP contribution in [0.5, 0.6) is 0 Å². The summed E-state index contributed by atoms with van der Waals surface area (Å²) in [5.74, 6) is 1.13. The molecular weight excluding hydrogens is 264 g/mol. The third-order valence-corrected chi connectivity index (χ3v) is 3.28. The van der Waals surface area contributed by atoms with Crippen LogP contribution < -0.4 is 5.32 Å². The molecule has 0 unspecified atom stereocenters. The second kappa shape index (κ2) is 6.57. The Bertz CT molecular complexity index is 629. The Morgan fingerprint density at radius 2 is 2.05 bits per heavy atom. The number of anilines is 1. The van der Waals surface area contributed by atoms with Crippen molar-refractivity contribution in [1.82, 2.24) is 4.98 Å². The number of rotatable bonds is 5. The van der Waals surface area contributed by atoms with Crippen LogP contribution >= 0.6 is 0 Å². The van der Waals surface area contributed by atoms with Crippen molar-refractivity contribution in [3.63, 3.8) is 0 Å². The van der Waals surface area contributed by atoms with Crippen molar-refractivity contribution in [3.05, 3.63) is 47.2 Å². The van der Waals surface area contributed by atoms with Gasteiger partial charge in [0.15, 0.2) is 5.89 Å². The van der Waals surface area contributed by atoms with Gasteiger partial charge < -0.3 is 9.73 Å². The van der Waals surface area contributed by atoms with E-state index in [0.29, 0.717) is 23.3 Å². The standard InChI is InChI=1S/C17H22N2O2/c1-5-13-8-6-7-9-14(13)19-17(20)16-12(4)18-15(21-16)10-11(2)3/h6-9,11H,5,10H2,1-4H3,(H,19,20). The molecule has 2 rings (SSSR count). The van der Waals surface area contributed by atoms with Crippen LogP contribution in [-0.4, -0.2) is 10.9 Å². The Hall–Kier alpha value is -2.10. The number of aryl methyl sites for hydroxylation is 2. The topological polar surface area (TPSA) is 55.1 Å². The third kappa shape index (κ3) is 3.72. The molecule has 112 valence electrons. The fourth-order valence-corrected chi connectivity index (χ4v) is 2.23. The van der Waals surface area contributed by atoms with Crippen LogP contribution in [0.2, 0.25) is 0 Å². The average Bonchev–Trinajstić information content (AvgIpc) is 2.79. The van der Waals surface area contributed by atoms with E-state index in [1.807, 2.05) is 24.3 Å². The lowest BCUT2D eigenvalue weighted by molar-refractivity contribution is 0.0993. The zero-order chi connectivity index (χ0) is 15.4. The summed E-state index contributed by atoms with van der Waals surface area (Å²) in [5.41, 5.74) is 2.56. The normalized spacial score (nSPS) is 10.9. The predicted octanol–water partition coefficient (Wildman–Crippen LogP) is 4.00. The number of benzene rings is 1. The highest BCUT2D eigenvalue weighted by Gasteiger charge is 2.18. The summed E-state index contributed by atoms with van der Waals surface area (Å²) in [7, 11) is 0. The van der Waals surface area contributed by atoms with E-state index in [1.165, 1.54) is 0 Å². The van der Waals surface area contributed by atoms with Gasteiger partial charge in [-0.1, -0.05) is 39.0 Å². The molecule has 1 N–H and O–H groups in total. The van der Waals surface area contributed by atoms with Crippen LogP contribution in [0.15, 0.2) is 28.7 Å². The van der Waals surface area contributed by atoms with E-state index in [0.717, 1.165) is 24.1 Å². The van der Waals surface area contributed by atoms with E-state index in [-0.39, 0.29) is 5.91 Å². The first-order valence-electron chi connectivity index (χ1n) is 7.36. The molecule has 0 fully saturated rings. The largest absolute Gasteiger partial charge is 0.435 e. The zero-order valence-electron chi connectivity index (χ0n) is 13.1. The van der Waals surface area contributed by atoms with Gasteiger partial charge in [-0.15, -0.1) is 0 Å². The summed E-state index contributed by atoms with van der Waals surface area (Å²) >= 11 is 0. The molecule has 1 aromatic carbocycles. The Balaban J connectivity index is 2.18. The predicted molar refractivity (Wildman–Crippen MR) is 83.6 cm³/mol. The second-order valence-corrected chi connectivity index (χ2v) is 5.58. The molecule has 0 aliphatic rings. The maximum absolute atomic E-state index is 12.4. The molecule has 0 saturated carbocycles. The number of aromatic nitrogens is 1. The van der Waals surface area contributed by atoms with Gasteiger partial charge in [0.2, 0.25) is 5.76 Å². The fourth-order valence-electron chi connectivity index (χ4n) is 2.23. The molecule has 0 aliphatic heterocycles. The fraction of sp³-hybridized carbons (Fsp3) is 0.412. The van der Waals surface area contributed by atoms with Crippen LogP contribution in [0.1, 0.15) is 48.5 Å². The Kier molecular flexibility index (Phi) is 4.78. The summed E-state index contributed by atoms with van der Waals surface area (Å²) < 4.78 is 5.61. The first kappa shape index (κ1) is 15.3. The summed E-state index contributed by atoms with van der Waals surface area (Å²) in [6, 6.07) is 7.78. The molecule has 1 heterocycles. The molecule has 1 aromatic heterocycles. The molecule has 0 bridgehead atoms. The molecule has 0 radical (unpaired) electrons. The van der Waals surface area contributed by atoms with Gasteiger partial charge in [-0.3, -0.25) is 4.79 Å². The van der Waals surface area contributed by atoms with Crippen molar-refractivity contribution < 1.29 is 9.21 Å². The smallest absolute Gasteiger partial charge is 0.293 e. The summed E-state index contributed by atoms with van der Waals surface area (Å²) in [4.78, 5) is 16.7. The molecule has 4 nitrogen and oxygen atoms in total.